The summed E-state index contributed by atoms with van der Waals surface area (Å²) in [6, 6.07) is 11.2. The zero-order chi connectivity index (χ0) is 21.8. The number of para-hydroxylation sites is 1. The summed E-state index contributed by atoms with van der Waals surface area (Å²) in [7, 11) is -1.39. The molecule has 0 heterocycles. The van der Waals surface area contributed by atoms with E-state index >= 15 is 0 Å². The molecule has 8 heteroatoms. The number of halogens is 1. The van der Waals surface area contributed by atoms with Gasteiger partial charge in [0, 0.05) is 14.1 Å². The Bertz CT molecular complexity index is 977. The van der Waals surface area contributed by atoms with Crippen LogP contribution in [0.2, 0.25) is 0 Å². The van der Waals surface area contributed by atoms with Crippen LogP contribution in [-0.4, -0.2) is 39.3 Å². The zero-order valence-electron chi connectivity index (χ0n) is 17.4. The quantitative estimate of drug-likeness (QED) is 0.711. The van der Waals surface area contributed by atoms with Crippen LogP contribution in [0.25, 0.3) is 0 Å². The van der Waals surface area contributed by atoms with E-state index in [9.17, 15) is 17.6 Å². The van der Waals surface area contributed by atoms with Crippen molar-refractivity contribution in [3.05, 3.63) is 65.0 Å². The summed E-state index contributed by atoms with van der Waals surface area (Å²) >= 11 is 0. The highest BCUT2D eigenvalue weighted by atomic mass is 32.2. The third kappa shape index (κ3) is 5.33. The van der Waals surface area contributed by atoms with E-state index in [-0.39, 0.29) is 11.7 Å². The molecule has 1 amide bonds. The number of nitrogens with zero attached hydrogens (tertiary/aromatic N) is 2. The minimum atomic E-state index is -4.06. The Labute approximate surface area is 172 Å². The summed E-state index contributed by atoms with van der Waals surface area (Å²) < 4.78 is 41.5. The molecule has 0 saturated carbocycles. The fourth-order valence-corrected chi connectivity index (χ4v) is 4.20. The largest absolute Gasteiger partial charge is 0.348 e. The Morgan fingerprint density at radius 3 is 2.34 bits per heavy atom. The molecule has 158 valence electrons. The Morgan fingerprint density at radius 2 is 1.79 bits per heavy atom. The van der Waals surface area contributed by atoms with Gasteiger partial charge in [-0.05, 0) is 43.5 Å². The van der Waals surface area contributed by atoms with Gasteiger partial charge in [-0.15, -0.1) is 0 Å². The van der Waals surface area contributed by atoms with E-state index in [2.05, 4.69) is 5.32 Å². The minimum absolute atomic E-state index is 0.170. The van der Waals surface area contributed by atoms with Crippen molar-refractivity contribution >= 4 is 21.8 Å². The number of carbonyl (C=O) groups excluding carboxylic acids is 1. The maximum absolute atomic E-state index is 14.3. The van der Waals surface area contributed by atoms with Gasteiger partial charge >= 0.3 is 10.2 Å². The van der Waals surface area contributed by atoms with Gasteiger partial charge in [0.1, 0.15) is 12.4 Å². The van der Waals surface area contributed by atoms with E-state index in [1.54, 1.807) is 0 Å². The second kappa shape index (κ2) is 9.37. The number of hydrogen-bond donors (Lipinski definition) is 1. The summed E-state index contributed by atoms with van der Waals surface area (Å²) in [5, 5.41) is 2.89. The molecule has 0 saturated heterocycles. The first-order chi connectivity index (χ1) is 13.6. The van der Waals surface area contributed by atoms with Crippen molar-refractivity contribution in [1.82, 2.24) is 9.62 Å². The highest BCUT2D eigenvalue weighted by molar-refractivity contribution is 7.90. The lowest BCUT2D eigenvalue weighted by Crippen LogP contribution is -2.46. The Kier molecular flexibility index (Phi) is 7.37. The molecule has 0 aliphatic heterocycles. The van der Waals surface area contributed by atoms with Gasteiger partial charge in [-0.1, -0.05) is 42.8 Å². The van der Waals surface area contributed by atoms with Crippen LogP contribution in [-0.2, 0) is 15.0 Å². The van der Waals surface area contributed by atoms with Gasteiger partial charge in [0.25, 0.3) is 0 Å². The van der Waals surface area contributed by atoms with E-state index in [1.807, 2.05) is 39.0 Å². The van der Waals surface area contributed by atoms with Crippen LogP contribution in [0.1, 0.15) is 36.1 Å². The Balaban J connectivity index is 2.31. The van der Waals surface area contributed by atoms with E-state index < -0.39 is 28.5 Å². The first-order valence-corrected chi connectivity index (χ1v) is 10.8. The maximum Gasteiger partial charge on any atom is 0.304 e. The molecule has 0 radical (unpaired) electrons. The number of amides is 1. The fourth-order valence-electron chi connectivity index (χ4n) is 3.13. The summed E-state index contributed by atoms with van der Waals surface area (Å²) in [5.41, 5.74) is 2.97. The Morgan fingerprint density at radius 1 is 1.14 bits per heavy atom. The van der Waals surface area contributed by atoms with Crippen LogP contribution in [0.4, 0.5) is 10.1 Å². The molecule has 0 spiro atoms. The summed E-state index contributed by atoms with van der Waals surface area (Å²) in [6.07, 6.45) is 0.635. The SMILES string of the molecule is CC[C@@H](NC(=O)CN(c1ccccc1F)S(=O)(=O)N(C)C)c1ccc(C)cc1C. The second-order valence-electron chi connectivity index (χ2n) is 7.14. The van der Waals surface area contributed by atoms with Gasteiger partial charge in [0.05, 0.1) is 11.7 Å². The van der Waals surface area contributed by atoms with Gasteiger partial charge in [0.2, 0.25) is 5.91 Å². The number of benzene rings is 2. The van der Waals surface area contributed by atoms with Crippen molar-refractivity contribution in [2.75, 3.05) is 24.9 Å². The molecule has 0 aliphatic carbocycles. The fraction of sp³-hybridized carbons (Fsp3) is 0.381. The predicted octanol–water partition coefficient (Wildman–Crippen LogP) is 3.32. The Hall–Kier alpha value is -2.45. The molecule has 0 unspecified atom stereocenters. The van der Waals surface area contributed by atoms with Gasteiger partial charge < -0.3 is 5.32 Å². The van der Waals surface area contributed by atoms with Crippen LogP contribution < -0.4 is 9.62 Å². The lowest BCUT2D eigenvalue weighted by atomic mass is 9.97. The van der Waals surface area contributed by atoms with Gasteiger partial charge in [-0.3, -0.25) is 4.79 Å². The highest BCUT2D eigenvalue weighted by Crippen LogP contribution is 2.24. The lowest BCUT2D eigenvalue weighted by molar-refractivity contribution is -0.120. The van der Waals surface area contributed by atoms with Crippen LogP contribution in [0.15, 0.2) is 42.5 Å². The molecule has 6 nitrogen and oxygen atoms in total. The zero-order valence-corrected chi connectivity index (χ0v) is 18.3. The molecule has 1 N–H and O–H groups in total. The number of carbonyl (C=O) groups is 1. The number of hydrogen-bond acceptors (Lipinski definition) is 3. The molecular weight excluding hydrogens is 393 g/mol. The normalized spacial score (nSPS) is 12.7. The average Bonchev–Trinajstić information content (AvgIpc) is 2.65. The van der Waals surface area contributed by atoms with Crippen LogP contribution in [0.5, 0.6) is 0 Å². The number of aryl methyl sites for hydroxylation is 2. The highest BCUT2D eigenvalue weighted by Gasteiger charge is 2.30. The average molecular weight is 422 g/mol. The van der Waals surface area contributed by atoms with Gasteiger partial charge in [-0.25, -0.2) is 8.70 Å². The van der Waals surface area contributed by atoms with E-state index in [0.29, 0.717) is 6.42 Å². The molecule has 29 heavy (non-hydrogen) atoms. The van der Waals surface area contributed by atoms with Crippen molar-refractivity contribution in [3.63, 3.8) is 0 Å². The van der Waals surface area contributed by atoms with E-state index in [0.717, 1.165) is 31.4 Å². The van der Waals surface area contributed by atoms with Crippen LogP contribution >= 0.6 is 0 Å². The van der Waals surface area contributed by atoms with Crippen molar-refractivity contribution in [1.29, 1.82) is 0 Å². The second-order valence-corrected chi connectivity index (χ2v) is 9.20. The molecule has 2 aromatic carbocycles. The number of rotatable bonds is 8. The van der Waals surface area contributed by atoms with Gasteiger partial charge in [-0.2, -0.15) is 12.7 Å². The van der Waals surface area contributed by atoms with Crippen molar-refractivity contribution < 1.29 is 17.6 Å². The summed E-state index contributed by atoms with van der Waals surface area (Å²) in [5.74, 6) is -1.22. The standard InChI is InChI=1S/C21H28FN3O3S/c1-6-19(17-12-11-15(2)13-16(17)3)23-21(26)14-25(29(27,28)24(4)5)20-10-8-7-9-18(20)22/h7-13,19H,6,14H2,1-5H3,(H,23,26)/t19-/m1/s1. The molecular formula is C21H28FN3O3S. The van der Waals surface area contributed by atoms with Crippen LogP contribution in [0, 0.1) is 19.7 Å². The molecule has 0 aromatic heterocycles. The first kappa shape index (κ1) is 22.8. The van der Waals surface area contributed by atoms with Crippen molar-refractivity contribution in [2.45, 2.75) is 33.2 Å². The predicted molar refractivity (Wildman–Crippen MR) is 113 cm³/mol. The molecule has 1 atom stereocenters. The minimum Gasteiger partial charge on any atom is -0.348 e. The van der Waals surface area contributed by atoms with Crippen molar-refractivity contribution in [3.8, 4) is 0 Å². The maximum atomic E-state index is 14.3. The summed E-state index contributed by atoms with van der Waals surface area (Å²) in [4.78, 5) is 12.8. The number of anilines is 1. The monoisotopic (exact) mass is 421 g/mol. The topological polar surface area (TPSA) is 69.7 Å². The molecule has 0 fully saturated rings. The molecule has 0 aliphatic rings. The first-order valence-electron chi connectivity index (χ1n) is 9.39. The lowest BCUT2D eigenvalue weighted by Gasteiger charge is -2.28. The van der Waals surface area contributed by atoms with Gasteiger partial charge in [0.15, 0.2) is 0 Å². The smallest absolute Gasteiger partial charge is 0.304 e. The summed E-state index contributed by atoms with van der Waals surface area (Å²) in [6.45, 7) is 5.38. The molecule has 2 aromatic rings. The van der Waals surface area contributed by atoms with Crippen molar-refractivity contribution in [2.24, 2.45) is 0 Å². The van der Waals surface area contributed by atoms with Crippen LogP contribution in [0.3, 0.4) is 0 Å². The molecule has 0 bridgehead atoms. The van der Waals surface area contributed by atoms with E-state index in [4.69, 9.17) is 0 Å². The van der Waals surface area contributed by atoms with E-state index in [1.165, 1.54) is 32.3 Å². The third-order valence-electron chi connectivity index (χ3n) is 4.69. The third-order valence-corrected chi connectivity index (χ3v) is 6.50. The number of nitrogens with one attached hydrogen (secondary N) is 1. The molecule has 2 rings (SSSR count).